The molecule has 0 unspecified atom stereocenters. The molecule has 0 amide bonds. The second-order valence-corrected chi connectivity index (χ2v) is 7.38. The molecule has 2 aromatic rings. The van der Waals surface area contributed by atoms with Crippen LogP contribution in [-0.4, -0.2) is 36.8 Å². The van der Waals surface area contributed by atoms with Gasteiger partial charge in [-0.15, -0.1) is 0 Å². The van der Waals surface area contributed by atoms with Crippen molar-refractivity contribution in [1.29, 1.82) is 0 Å². The molecule has 0 spiro atoms. The molecule has 0 atom stereocenters. The van der Waals surface area contributed by atoms with Gasteiger partial charge in [0.15, 0.2) is 0 Å². The van der Waals surface area contributed by atoms with Gasteiger partial charge in [0, 0.05) is 31.0 Å². The highest BCUT2D eigenvalue weighted by molar-refractivity contribution is 5.27. The van der Waals surface area contributed by atoms with E-state index in [0.717, 1.165) is 50.2 Å². The van der Waals surface area contributed by atoms with Gasteiger partial charge in [-0.05, 0) is 57.2 Å². The molecule has 0 bridgehead atoms. The number of rotatable bonds is 6. The van der Waals surface area contributed by atoms with Gasteiger partial charge in [0.2, 0.25) is 0 Å². The number of imidazole rings is 1. The standard InChI is InChI=1S/C20H29N3O2/c1-15(2)23-11-10-21-20(23)14-22(17-6-8-18(24)9-7-17)13-16-4-3-5-19(25)12-16/h3-5,10-12,15,17-18,24-25H,6-9,13-14H2,1-2H3. The molecule has 1 aromatic carbocycles. The van der Waals surface area contributed by atoms with Crippen molar-refractivity contribution in [2.45, 2.75) is 70.8 Å². The van der Waals surface area contributed by atoms with E-state index in [2.05, 4.69) is 34.4 Å². The number of benzene rings is 1. The summed E-state index contributed by atoms with van der Waals surface area (Å²) >= 11 is 0. The highest BCUT2D eigenvalue weighted by atomic mass is 16.3. The summed E-state index contributed by atoms with van der Waals surface area (Å²) in [6.45, 7) is 5.89. The smallest absolute Gasteiger partial charge is 0.123 e. The van der Waals surface area contributed by atoms with Crippen LogP contribution < -0.4 is 0 Å². The highest BCUT2D eigenvalue weighted by Crippen LogP contribution is 2.27. The number of nitrogens with zero attached hydrogens (tertiary/aromatic N) is 3. The molecule has 1 heterocycles. The Labute approximate surface area is 149 Å². The van der Waals surface area contributed by atoms with E-state index in [0.29, 0.717) is 17.8 Å². The van der Waals surface area contributed by atoms with Gasteiger partial charge in [-0.2, -0.15) is 0 Å². The zero-order valence-corrected chi connectivity index (χ0v) is 15.2. The lowest BCUT2D eigenvalue weighted by molar-refractivity contribution is 0.0646. The van der Waals surface area contributed by atoms with E-state index >= 15 is 0 Å². The maximum absolute atomic E-state index is 9.84. The predicted molar refractivity (Wildman–Crippen MR) is 98.2 cm³/mol. The fourth-order valence-electron chi connectivity index (χ4n) is 3.75. The number of aliphatic hydroxyl groups is 1. The number of aromatic nitrogens is 2. The van der Waals surface area contributed by atoms with Crippen LogP contribution in [0.5, 0.6) is 5.75 Å². The molecule has 0 saturated heterocycles. The molecule has 25 heavy (non-hydrogen) atoms. The van der Waals surface area contributed by atoms with E-state index in [-0.39, 0.29) is 6.10 Å². The lowest BCUT2D eigenvalue weighted by Crippen LogP contribution is -2.39. The summed E-state index contributed by atoms with van der Waals surface area (Å²) in [7, 11) is 0. The number of hydrogen-bond acceptors (Lipinski definition) is 4. The van der Waals surface area contributed by atoms with E-state index in [1.54, 1.807) is 6.07 Å². The zero-order valence-electron chi connectivity index (χ0n) is 15.2. The Hall–Kier alpha value is -1.85. The van der Waals surface area contributed by atoms with Crippen LogP contribution in [0.3, 0.4) is 0 Å². The summed E-state index contributed by atoms with van der Waals surface area (Å²) in [5, 5.41) is 19.6. The summed E-state index contributed by atoms with van der Waals surface area (Å²) in [6, 6.07) is 8.30. The number of phenolic OH excluding ortho intramolecular Hbond substituents is 1. The third-order valence-corrected chi connectivity index (χ3v) is 5.13. The fraction of sp³-hybridized carbons (Fsp3) is 0.550. The van der Waals surface area contributed by atoms with E-state index in [1.807, 2.05) is 24.5 Å². The van der Waals surface area contributed by atoms with E-state index in [1.165, 1.54) is 0 Å². The predicted octanol–water partition coefficient (Wildman–Crippen LogP) is 3.48. The molecule has 5 heteroatoms. The van der Waals surface area contributed by atoms with Gasteiger partial charge in [0.25, 0.3) is 0 Å². The number of phenols is 1. The first-order chi connectivity index (χ1) is 12.0. The van der Waals surface area contributed by atoms with Gasteiger partial charge < -0.3 is 14.8 Å². The SMILES string of the molecule is CC(C)n1ccnc1CN(Cc1cccc(O)c1)C1CCC(O)CC1. The Morgan fingerprint density at radius 1 is 1.20 bits per heavy atom. The molecule has 136 valence electrons. The van der Waals surface area contributed by atoms with Gasteiger partial charge in [-0.3, -0.25) is 4.90 Å². The lowest BCUT2D eigenvalue weighted by atomic mass is 9.91. The monoisotopic (exact) mass is 343 g/mol. The van der Waals surface area contributed by atoms with Gasteiger partial charge in [-0.1, -0.05) is 12.1 Å². The van der Waals surface area contributed by atoms with Crippen LogP contribution in [0, 0.1) is 0 Å². The first-order valence-corrected chi connectivity index (χ1v) is 9.24. The van der Waals surface area contributed by atoms with Gasteiger partial charge in [-0.25, -0.2) is 4.98 Å². The number of hydrogen-bond donors (Lipinski definition) is 2. The van der Waals surface area contributed by atoms with Crippen molar-refractivity contribution in [1.82, 2.24) is 14.5 Å². The van der Waals surface area contributed by atoms with Crippen molar-refractivity contribution in [3.8, 4) is 5.75 Å². The van der Waals surface area contributed by atoms with Gasteiger partial charge >= 0.3 is 0 Å². The molecule has 1 fully saturated rings. The minimum atomic E-state index is -0.156. The maximum atomic E-state index is 9.84. The van der Waals surface area contributed by atoms with Crippen molar-refractivity contribution < 1.29 is 10.2 Å². The third-order valence-electron chi connectivity index (χ3n) is 5.13. The van der Waals surface area contributed by atoms with Crippen LogP contribution >= 0.6 is 0 Å². The number of aromatic hydroxyl groups is 1. The average Bonchev–Trinajstić information content (AvgIpc) is 3.03. The molecule has 1 saturated carbocycles. The molecule has 1 aliphatic rings. The van der Waals surface area contributed by atoms with Crippen LogP contribution in [0.15, 0.2) is 36.7 Å². The zero-order chi connectivity index (χ0) is 17.8. The molecule has 0 radical (unpaired) electrons. The van der Waals surface area contributed by atoms with Crippen molar-refractivity contribution in [3.63, 3.8) is 0 Å². The van der Waals surface area contributed by atoms with Gasteiger partial charge in [0.05, 0.1) is 12.6 Å². The molecular weight excluding hydrogens is 314 g/mol. The fourth-order valence-corrected chi connectivity index (χ4v) is 3.75. The van der Waals surface area contributed by atoms with E-state index < -0.39 is 0 Å². The summed E-state index contributed by atoms with van der Waals surface area (Å²) in [5.41, 5.74) is 1.11. The van der Waals surface area contributed by atoms with Crippen molar-refractivity contribution in [3.05, 3.63) is 48.0 Å². The number of aliphatic hydroxyl groups excluding tert-OH is 1. The van der Waals surface area contributed by atoms with Crippen LogP contribution in [-0.2, 0) is 13.1 Å². The van der Waals surface area contributed by atoms with E-state index in [4.69, 9.17) is 0 Å². The molecule has 5 nitrogen and oxygen atoms in total. The molecular formula is C20H29N3O2. The molecule has 3 rings (SSSR count). The molecule has 1 aliphatic carbocycles. The van der Waals surface area contributed by atoms with Crippen LogP contribution in [0.2, 0.25) is 0 Å². The Morgan fingerprint density at radius 3 is 2.64 bits per heavy atom. The Kier molecular flexibility index (Phi) is 5.76. The first kappa shape index (κ1) is 18.0. The van der Waals surface area contributed by atoms with Crippen molar-refractivity contribution in [2.75, 3.05) is 0 Å². The average molecular weight is 343 g/mol. The summed E-state index contributed by atoms with van der Waals surface area (Å²) in [5.74, 6) is 1.38. The largest absolute Gasteiger partial charge is 0.508 e. The van der Waals surface area contributed by atoms with Crippen LogP contribution in [0.4, 0.5) is 0 Å². The Balaban J connectivity index is 1.79. The minimum Gasteiger partial charge on any atom is -0.508 e. The summed E-state index contributed by atoms with van der Waals surface area (Å²) in [4.78, 5) is 7.02. The first-order valence-electron chi connectivity index (χ1n) is 9.24. The summed E-state index contributed by atoms with van der Waals surface area (Å²) < 4.78 is 2.22. The molecule has 0 aliphatic heterocycles. The van der Waals surface area contributed by atoms with Crippen LogP contribution in [0.1, 0.15) is 57.0 Å². The Morgan fingerprint density at radius 2 is 1.96 bits per heavy atom. The Bertz CT molecular complexity index is 675. The topological polar surface area (TPSA) is 61.5 Å². The molecule has 1 aromatic heterocycles. The second kappa shape index (κ2) is 8.02. The minimum absolute atomic E-state index is 0.156. The van der Waals surface area contributed by atoms with Crippen molar-refractivity contribution in [2.24, 2.45) is 0 Å². The third kappa shape index (κ3) is 4.61. The molecule has 2 N–H and O–H groups in total. The van der Waals surface area contributed by atoms with E-state index in [9.17, 15) is 10.2 Å². The normalized spacial score (nSPS) is 21.2. The van der Waals surface area contributed by atoms with Crippen LogP contribution in [0.25, 0.3) is 0 Å². The lowest BCUT2D eigenvalue weighted by Gasteiger charge is -2.36. The second-order valence-electron chi connectivity index (χ2n) is 7.38. The van der Waals surface area contributed by atoms with Gasteiger partial charge in [0.1, 0.15) is 11.6 Å². The highest BCUT2D eigenvalue weighted by Gasteiger charge is 2.26. The quantitative estimate of drug-likeness (QED) is 0.843. The summed E-state index contributed by atoms with van der Waals surface area (Å²) in [6.07, 6.45) is 7.48. The maximum Gasteiger partial charge on any atom is 0.123 e. The van der Waals surface area contributed by atoms with Crippen molar-refractivity contribution >= 4 is 0 Å².